The van der Waals surface area contributed by atoms with E-state index in [2.05, 4.69) is 39.0 Å². The Labute approximate surface area is 109 Å². The SMILES string of the molecule is CC(Cl)CC(C)(C)c1cccc2c1OCCC2. The van der Waals surface area contributed by atoms with Crippen molar-refractivity contribution in [3.63, 3.8) is 0 Å². The Bertz CT molecular complexity index is 396. The van der Waals surface area contributed by atoms with E-state index in [0.717, 1.165) is 31.6 Å². The van der Waals surface area contributed by atoms with Crippen molar-refractivity contribution in [3.05, 3.63) is 29.3 Å². The van der Waals surface area contributed by atoms with Gasteiger partial charge in [0.05, 0.1) is 6.61 Å². The highest BCUT2D eigenvalue weighted by Crippen LogP contribution is 2.39. The maximum Gasteiger partial charge on any atom is 0.126 e. The van der Waals surface area contributed by atoms with Crippen LogP contribution in [0, 0.1) is 0 Å². The molecule has 0 radical (unpaired) electrons. The lowest BCUT2D eigenvalue weighted by Gasteiger charge is -2.31. The number of ether oxygens (including phenoxy) is 1. The fraction of sp³-hybridized carbons (Fsp3) is 0.600. The van der Waals surface area contributed by atoms with E-state index in [1.165, 1.54) is 11.1 Å². The van der Waals surface area contributed by atoms with Gasteiger partial charge in [0.1, 0.15) is 5.75 Å². The van der Waals surface area contributed by atoms with Crippen LogP contribution >= 0.6 is 11.6 Å². The molecule has 0 saturated carbocycles. The van der Waals surface area contributed by atoms with Gasteiger partial charge >= 0.3 is 0 Å². The van der Waals surface area contributed by atoms with Gasteiger partial charge in [0.15, 0.2) is 0 Å². The van der Waals surface area contributed by atoms with E-state index in [1.54, 1.807) is 0 Å². The topological polar surface area (TPSA) is 9.23 Å². The average Bonchev–Trinajstić information content (AvgIpc) is 2.26. The van der Waals surface area contributed by atoms with Gasteiger partial charge in [0.2, 0.25) is 0 Å². The van der Waals surface area contributed by atoms with Crippen molar-refractivity contribution >= 4 is 11.6 Å². The molecule has 0 bridgehead atoms. The molecule has 1 nitrogen and oxygen atoms in total. The Morgan fingerprint density at radius 1 is 1.41 bits per heavy atom. The van der Waals surface area contributed by atoms with E-state index < -0.39 is 0 Å². The van der Waals surface area contributed by atoms with Gasteiger partial charge in [-0.3, -0.25) is 0 Å². The largest absolute Gasteiger partial charge is 0.493 e. The molecule has 1 atom stereocenters. The maximum absolute atomic E-state index is 6.15. The van der Waals surface area contributed by atoms with Crippen LogP contribution in [-0.4, -0.2) is 12.0 Å². The van der Waals surface area contributed by atoms with Crippen LogP contribution in [0.5, 0.6) is 5.75 Å². The van der Waals surface area contributed by atoms with E-state index in [0.29, 0.717) is 0 Å². The lowest BCUT2D eigenvalue weighted by molar-refractivity contribution is 0.277. The van der Waals surface area contributed by atoms with Crippen LogP contribution in [0.2, 0.25) is 0 Å². The molecule has 2 rings (SSSR count). The number of fused-ring (bicyclic) bond motifs is 1. The summed E-state index contributed by atoms with van der Waals surface area (Å²) in [5, 5.41) is 0.185. The molecule has 0 amide bonds. The summed E-state index contributed by atoms with van der Waals surface area (Å²) < 4.78 is 5.88. The molecule has 1 aliphatic rings. The predicted octanol–water partition coefficient (Wildman–Crippen LogP) is 4.31. The third kappa shape index (κ3) is 2.77. The molecule has 1 aromatic carbocycles. The standard InChI is InChI=1S/C15H21ClO/c1-11(16)10-15(2,3)13-8-4-6-12-7-5-9-17-14(12)13/h4,6,8,11H,5,7,9-10H2,1-3H3. The zero-order valence-corrected chi connectivity index (χ0v) is 11.7. The number of rotatable bonds is 3. The van der Waals surface area contributed by atoms with E-state index in [1.807, 2.05) is 0 Å². The second-order valence-corrected chi connectivity index (χ2v) is 6.36. The summed E-state index contributed by atoms with van der Waals surface area (Å²) in [6.07, 6.45) is 3.23. The van der Waals surface area contributed by atoms with Gasteiger partial charge in [-0.25, -0.2) is 0 Å². The Morgan fingerprint density at radius 2 is 2.18 bits per heavy atom. The van der Waals surface area contributed by atoms with Gasteiger partial charge in [-0.2, -0.15) is 0 Å². The minimum absolute atomic E-state index is 0.0733. The molecule has 17 heavy (non-hydrogen) atoms. The average molecular weight is 253 g/mol. The number of hydrogen-bond acceptors (Lipinski definition) is 1. The number of para-hydroxylation sites is 1. The summed E-state index contributed by atoms with van der Waals surface area (Å²) in [5.74, 6) is 1.11. The van der Waals surface area contributed by atoms with Crippen molar-refractivity contribution in [2.24, 2.45) is 0 Å². The molecule has 94 valence electrons. The second kappa shape index (κ2) is 4.89. The number of alkyl halides is 1. The lowest BCUT2D eigenvalue weighted by atomic mass is 9.79. The number of aryl methyl sites for hydroxylation is 1. The highest BCUT2D eigenvalue weighted by atomic mass is 35.5. The summed E-state index contributed by atoms with van der Waals surface area (Å²) in [7, 11) is 0. The molecular formula is C15H21ClO. The minimum atomic E-state index is 0.0733. The van der Waals surface area contributed by atoms with Gasteiger partial charge in [-0.15, -0.1) is 11.6 Å². The Kier molecular flexibility index (Phi) is 3.67. The molecule has 0 aromatic heterocycles. The maximum atomic E-state index is 6.15. The predicted molar refractivity (Wildman–Crippen MR) is 73.2 cm³/mol. The molecule has 0 spiro atoms. The second-order valence-electron chi connectivity index (χ2n) is 5.61. The first-order valence-corrected chi connectivity index (χ1v) is 6.83. The first kappa shape index (κ1) is 12.8. The van der Waals surface area contributed by atoms with Crippen molar-refractivity contribution in [1.82, 2.24) is 0 Å². The minimum Gasteiger partial charge on any atom is -0.493 e. The normalized spacial score (nSPS) is 17.2. The van der Waals surface area contributed by atoms with Crippen molar-refractivity contribution in [3.8, 4) is 5.75 Å². The summed E-state index contributed by atoms with van der Waals surface area (Å²) in [6.45, 7) is 7.40. The van der Waals surface area contributed by atoms with Crippen LogP contribution in [0.25, 0.3) is 0 Å². The summed E-state index contributed by atoms with van der Waals surface area (Å²) in [6, 6.07) is 6.51. The molecule has 0 aliphatic carbocycles. The van der Waals surface area contributed by atoms with Crippen LogP contribution < -0.4 is 4.74 Å². The number of halogens is 1. The summed E-state index contributed by atoms with van der Waals surface area (Å²) in [5.41, 5.74) is 2.73. The fourth-order valence-corrected chi connectivity index (χ4v) is 3.12. The molecule has 0 fully saturated rings. The van der Waals surface area contributed by atoms with Crippen molar-refractivity contribution in [2.45, 2.75) is 50.8 Å². The van der Waals surface area contributed by atoms with Gasteiger partial charge < -0.3 is 4.74 Å². The van der Waals surface area contributed by atoms with Crippen LogP contribution in [0.4, 0.5) is 0 Å². The first-order valence-electron chi connectivity index (χ1n) is 6.40. The Morgan fingerprint density at radius 3 is 2.88 bits per heavy atom. The highest BCUT2D eigenvalue weighted by molar-refractivity contribution is 6.20. The van der Waals surface area contributed by atoms with Crippen LogP contribution in [-0.2, 0) is 11.8 Å². The molecule has 1 heterocycles. The quantitative estimate of drug-likeness (QED) is 0.729. The van der Waals surface area contributed by atoms with Gasteiger partial charge in [0.25, 0.3) is 0 Å². The van der Waals surface area contributed by atoms with Crippen LogP contribution in [0.1, 0.15) is 44.7 Å². The molecule has 1 aromatic rings. The zero-order chi connectivity index (χ0) is 12.5. The first-order chi connectivity index (χ1) is 8.00. The molecular weight excluding hydrogens is 232 g/mol. The van der Waals surface area contributed by atoms with Gasteiger partial charge in [0, 0.05) is 10.9 Å². The van der Waals surface area contributed by atoms with E-state index in [4.69, 9.17) is 16.3 Å². The smallest absolute Gasteiger partial charge is 0.126 e. The molecule has 0 N–H and O–H groups in total. The molecule has 2 heteroatoms. The van der Waals surface area contributed by atoms with Crippen molar-refractivity contribution < 1.29 is 4.74 Å². The third-order valence-electron chi connectivity index (χ3n) is 3.45. The summed E-state index contributed by atoms with van der Waals surface area (Å²) in [4.78, 5) is 0. The number of benzene rings is 1. The van der Waals surface area contributed by atoms with Gasteiger partial charge in [-0.1, -0.05) is 32.0 Å². The summed E-state index contributed by atoms with van der Waals surface area (Å²) >= 11 is 6.15. The molecule has 1 aliphatic heterocycles. The lowest BCUT2D eigenvalue weighted by Crippen LogP contribution is -2.23. The number of hydrogen-bond donors (Lipinski definition) is 0. The van der Waals surface area contributed by atoms with E-state index >= 15 is 0 Å². The zero-order valence-electron chi connectivity index (χ0n) is 10.9. The van der Waals surface area contributed by atoms with Crippen LogP contribution in [0.3, 0.4) is 0 Å². The van der Waals surface area contributed by atoms with Crippen molar-refractivity contribution in [2.75, 3.05) is 6.61 Å². The molecule has 0 saturated heterocycles. The highest BCUT2D eigenvalue weighted by Gasteiger charge is 2.28. The fourth-order valence-electron chi connectivity index (χ4n) is 2.74. The van der Waals surface area contributed by atoms with Crippen molar-refractivity contribution in [1.29, 1.82) is 0 Å². The molecule has 1 unspecified atom stereocenters. The monoisotopic (exact) mass is 252 g/mol. The van der Waals surface area contributed by atoms with Gasteiger partial charge in [-0.05, 0) is 37.2 Å². The Balaban J connectivity index is 2.37. The van der Waals surface area contributed by atoms with E-state index in [-0.39, 0.29) is 10.8 Å². The van der Waals surface area contributed by atoms with Crippen LogP contribution in [0.15, 0.2) is 18.2 Å². The third-order valence-corrected chi connectivity index (χ3v) is 3.61. The van der Waals surface area contributed by atoms with E-state index in [9.17, 15) is 0 Å². The Hall–Kier alpha value is -0.690.